The number of rotatable bonds is 10. The topological polar surface area (TPSA) is 117 Å². The largest absolute Gasteiger partial charge is 0.488 e. The number of aliphatic hydroxyl groups excluding tert-OH is 1. The first kappa shape index (κ1) is 32.2. The van der Waals surface area contributed by atoms with Crippen LogP contribution >= 0.6 is 0 Å². The number of aromatic nitrogens is 2. The van der Waals surface area contributed by atoms with E-state index in [1.807, 2.05) is 32.2 Å². The molecular weight excluding hydrogens is 590 g/mol. The molecule has 0 unspecified atom stereocenters. The maximum absolute atomic E-state index is 13.5. The summed E-state index contributed by atoms with van der Waals surface area (Å²) in [7, 11) is -0.187. The number of aliphatic hydroxyl groups is 1. The van der Waals surface area contributed by atoms with Gasteiger partial charge in [-0.05, 0) is 48.9 Å². The lowest BCUT2D eigenvalue weighted by atomic mass is 10.0. The van der Waals surface area contributed by atoms with Crippen molar-refractivity contribution in [2.45, 2.75) is 44.0 Å². The number of anilines is 1. The van der Waals surface area contributed by atoms with Crippen LogP contribution in [0, 0.1) is 5.92 Å². The van der Waals surface area contributed by atoms with Gasteiger partial charge in [0.2, 0.25) is 5.91 Å². The Hall–Kier alpha value is -4.19. The van der Waals surface area contributed by atoms with Crippen LogP contribution in [0.3, 0.4) is 0 Å². The van der Waals surface area contributed by atoms with Gasteiger partial charge < -0.3 is 19.3 Å². The van der Waals surface area contributed by atoms with Crippen LogP contribution in [0.25, 0.3) is 11.1 Å². The van der Waals surface area contributed by atoms with Crippen molar-refractivity contribution in [3.63, 3.8) is 0 Å². The van der Waals surface area contributed by atoms with E-state index in [1.165, 1.54) is 23.7 Å². The molecule has 0 saturated heterocycles. The normalized spacial score (nSPS) is 18.0. The first-order valence-electron chi connectivity index (χ1n) is 15.1. The van der Waals surface area contributed by atoms with E-state index in [4.69, 9.17) is 4.74 Å². The maximum atomic E-state index is 13.5. The number of imidazole rings is 1. The first-order chi connectivity index (χ1) is 21.5. The second-order valence-corrected chi connectivity index (χ2v) is 13.6. The molecule has 45 heavy (non-hydrogen) atoms. The molecule has 0 bridgehead atoms. The summed E-state index contributed by atoms with van der Waals surface area (Å²) in [6.07, 6.45) is 2.55. The highest BCUT2D eigenvalue weighted by Crippen LogP contribution is 2.30. The second-order valence-electron chi connectivity index (χ2n) is 12.0. The molecule has 2 N–H and O–H groups in total. The average Bonchev–Trinajstić information content (AvgIpc) is 3.49. The minimum absolute atomic E-state index is 0.00186. The van der Waals surface area contributed by atoms with Crippen LogP contribution in [-0.4, -0.2) is 77.7 Å². The summed E-state index contributed by atoms with van der Waals surface area (Å²) in [5, 5.41) is 9.85. The number of benzene rings is 3. The predicted octanol–water partition coefficient (Wildman–Crippen LogP) is 4.17. The Labute approximate surface area is 265 Å². The Morgan fingerprint density at radius 3 is 2.47 bits per heavy atom. The highest BCUT2D eigenvalue weighted by molar-refractivity contribution is 7.92. The number of amides is 1. The summed E-state index contributed by atoms with van der Waals surface area (Å²) in [4.78, 5) is 21.4. The Bertz CT molecular complexity index is 1710. The van der Waals surface area contributed by atoms with Crippen LogP contribution in [-0.2, 0) is 34.8 Å². The molecule has 11 heteroatoms. The molecular formula is C34H41N5O5S. The molecule has 1 aliphatic heterocycles. The second kappa shape index (κ2) is 13.8. The van der Waals surface area contributed by atoms with Gasteiger partial charge in [-0.3, -0.25) is 14.4 Å². The van der Waals surface area contributed by atoms with E-state index in [0.29, 0.717) is 36.6 Å². The number of hydrogen-bond donors (Lipinski definition) is 2. The van der Waals surface area contributed by atoms with E-state index in [1.54, 1.807) is 34.7 Å². The standard InChI is InChI=1S/C34H41N5O5S/c1-24-18-39(25(2)22-40)34(41)17-29-16-30(36-45(42,43)33-21-38(4)23-35-33)14-15-31(29)44-32(24)20-37(3)19-26-10-12-28(13-11-26)27-8-6-5-7-9-27/h5-16,21,23-25,32,36,40H,17-20,22H2,1-4H3/t24-,25-,32+/m0/s1. The summed E-state index contributed by atoms with van der Waals surface area (Å²) in [6.45, 7) is 5.42. The summed E-state index contributed by atoms with van der Waals surface area (Å²) in [5.41, 5.74) is 4.37. The Balaban J connectivity index is 1.37. The fourth-order valence-corrected chi connectivity index (χ4v) is 6.60. The van der Waals surface area contributed by atoms with Gasteiger partial charge in [-0.25, -0.2) is 4.98 Å². The monoisotopic (exact) mass is 631 g/mol. The summed E-state index contributed by atoms with van der Waals surface area (Å²) in [5.74, 6) is 0.310. The number of carbonyl (C=O) groups is 1. The molecule has 4 aromatic rings. The minimum Gasteiger partial charge on any atom is -0.488 e. The summed E-state index contributed by atoms with van der Waals surface area (Å²) in [6, 6.07) is 23.4. The van der Waals surface area contributed by atoms with E-state index in [-0.39, 0.29) is 42.0 Å². The van der Waals surface area contributed by atoms with E-state index < -0.39 is 10.0 Å². The summed E-state index contributed by atoms with van der Waals surface area (Å²) < 4.78 is 36.6. The number of ether oxygens (including phenoxy) is 1. The third kappa shape index (κ3) is 7.91. The SMILES string of the molecule is C[C@H]1CN([C@@H](C)CO)C(=O)Cc2cc(NS(=O)(=O)c3cn(C)cn3)ccc2O[C@@H]1CN(C)Cc1ccc(-c2ccccc2)cc1. The van der Waals surface area contributed by atoms with Gasteiger partial charge in [0.1, 0.15) is 11.9 Å². The zero-order chi connectivity index (χ0) is 32.1. The molecule has 0 saturated carbocycles. The van der Waals surface area contributed by atoms with E-state index in [2.05, 4.69) is 57.9 Å². The number of nitrogens with one attached hydrogen (secondary N) is 1. The van der Waals surface area contributed by atoms with Crippen molar-refractivity contribution in [2.24, 2.45) is 13.0 Å². The Morgan fingerprint density at radius 1 is 1.09 bits per heavy atom. The van der Waals surface area contributed by atoms with Crippen molar-refractivity contribution >= 4 is 21.6 Å². The number of sulfonamides is 1. The molecule has 5 rings (SSSR count). The van der Waals surface area contributed by atoms with Crippen LogP contribution < -0.4 is 9.46 Å². The quantitative estimate of drug-likeness (QED) is 0.270. The Kier molecular flexibility index (Phi) is 9.91. The molecule has 2 heterocycles. The van der Waals surface area contributed by atoms with Crippen molar-refractivity contribution in [3.05, 3.63) is 96.4 Å². The Morgan fingerprint density at radius 2 is 1.80 bits per heavy atom. The highest BCUT2D eigenvalue weighted by Gasteiger charge is 2.31. The fourth-order valence-electron chi connectivity index (χ4n) is 5.56. The van der Waals surface area contributed by atoms with Crippen LogP contribution in [0.2, 0.25) is 0 Å². The lowest BCUT2D eigenvalue weighted by Gasteiger charge is -2.34. The molecule has 0 spiro atoms. The van der Waals surface area contributed by atoms with Crippen molar-refractivity contribution < 1.29 is 23.1 Å². The van der Waals surface area contributed by atoms with Crippen LogP contribution in [0.15, 0.2) is 90.3 Å². The maximum Gasteiger partial charge on any atom is 0.280 e. The zero-order valence-corrected chi connectivity index (χ0v) is 26.9. The van der Waals surface area contributed by atoms with Crippen molar-refractivity contribution in [2.75, 3.05) is 31.5 Å². The molecule has 3 atom stereocenters. The average molecular weight is 632 g/mol. The third-order valence-corrected chi connectivity index (χ3v) is 9.40. The van der Waals surface area contributed by atoms with Gasteiger partial charge in [0, 0.05) is 50.0 Å². The third-order valence-electron chi connectivity index (χ3n) is 8.13. The van der Waals surface area contributed by atoms with Gasteiger partial charge in [0.15, 0.2) is 5.03 Å². The highest BCUT2D eigenvalue weighted by atomic mass is 32.2. The molecule has 238 valence electrons. The molecule has 0 fully saturated rings. The lowest BCUT2D eigenvalue weighted by Crippen LogP contribution is -2.47. The molecule has 1 aliphatic rings. The first-order valence-corrected chi connectivity index (χ1v) is 16.5. The van der Waals surface area contributed by atoms with Gasteiger partial charge in [-0.15, -0.1) is 0 Å². The van der Waals surface area contributed by atoms with Gasteiger partial charge in [0.25, 0.3) is 10.0 Å². The van der Waals surface area contributed by atoms with E-state index in [0.717, 1.165) is 5.56 Å². The van der Waals surface area contributed by atoms with Crippen molar-refractivity contribution in [3.8, 4) is 16.9 Å². The number of fused-ring (bicyclic) bond motifs is 1. The van der Waals surface area contributed by atoms with Gasteiger partial charge in [-0.2, -0.15) is 8.42 Å². The zero-order valence-electron chi connectivity index (χ0n) is 26.1. The molecule has 0 radical (unpaired) electrons. The van der Waals surface area contributed by atoms with Gasteiger partial charge >= 0.3 is 0 Å². The fraction of sp³-hybridized carbons (Fsp3) is 0.353. The van der Waals surface area contributed by atoms with E-state index in [9.17, 15) is 18.3 Å². The molecule has 1 aromatic heterocycles. The molecule has 10 nitrogen and oxygen atoms in total. The number of carbonyl (C=O) groups excluding carboxylic acids is 1. The van der Waals surface area contributed by atoms with Gasteiger partial charge in [-0.1, -0.05) is 61.5 Å². The van der Waals surface area contributed by atoms with Crippen molar-refractivity contribution in [1.29, 1.82) is 0 Å². The van der Waals surface area contributed by atoms with Crippen LogP contribution in [0.4, 0.5) is 5.69 Å². The smallest absolute Gasteiger partial charge is 0.280 e. The molecule has 3 aromatic carbocycles. The number of hydrogen-bond acceptors (Lipinski definition) is 7. The number of likely N-dealkylation sites (N-methyl/N-ethyl adjacent to an activating group) is 1. The van der Waals surface area contributed by atoms with Crippen LogP contribution in [0.5, 0.6) is 5.75 Å². The minimum atomic E-state index is -3.93. The van der Waals surface area contributed by atoms with E-state index >= 15 is 0 Å². The molecule has 1 amide bonds. The molecule has 0 aliphatic carbocycles. The number of nitrogens with zero attached hydrogens (tertiary/aromatic N) is 4. The lowest BCUT2D eigenvalue weighted by molar-refractivity contribution is -0.134. The summed E-state index contributed by atoms with van der Waals surface area (Å²) >= 11 is 0. The number of aryl methyl sites for hydroxylation is 1. The predicted molar refractivity (Wildman–Crippen MR) is 174 cm³/mol. The van der Waals surface area contributed by atoms with Gasteiger partial charge in [0.05, 0.1) is 25.4 Å². The van der Waals surface area contributed by atoms with Crippen molar-refractivity contribution in [1.82, 2.24) is 19.4 Å². The van der Waals surface area contributed by atoms with Crippen LogP contribution in [0.1, 0.15) is 25.0 Å².